The Morgan fingerprint density at radius 1 is 1.20 bits per heavy atom. The Morgan fingerprint density at radius 2 is 2.00 bits per heavy atom. The summed E-state index contributed by atoms with van der Waals surface area (Å²) in [5.74, 6) is -0.928. The normalized spacial score (nSPS) is 10.7. The molecule has 0 bridgehead atoms. The fourth-order valence-corrected chi connectivity index (χ4v) is 1.59. The Balaban J connectivity index is 2.20. The SMILES string of the molecule is COc1cccc([CH]c2ccc(F)c(OC(F)F)c2)n1. The number of hydrogen-bond acceptors (Lipinski definition) is 3. The molecule has 0 spiro atoms. The molecule has 0 atom stereocenters. The van der Waals surface area contributed by atoms with Crippen LogP contribution in [0.5, 0.6) is 11.6 Å². The highest BCUT2D eigenvalue weighted by Gasteiger charge is 2.11. The summed E-state index contributed by atoms with van der Waals surface area (Å²) in [7, 11) is 1.48. The van der Waals surface area contributed by atoms with Gasteiger partial charge in [-0.1, -0.05) is 12.1 Å². The number of nitrogens with zero attached hydrogens (tertiary/aromatic N) is 1. The minimum atomic E-state index is -3.07. The predicted octanol–water partition coefficient (Wildman–Crippen LogP) is 3.43. The quantitative estimate of drug-likeness (QED) is 0.842. The molecule has 1 aromatic heterocycles. The van der Waals surface area contributed by atoms with E-state index in [1.807, 2.05) is 0 Å². The minimum absolute atomic E-state index is 0.421. The van der Waals surface area contributed by atoms with Crippen molar-refractivity contribution >= 4 is 0 Å². The first kappa shape index (κ1) is 14.2. The van der Waals surface area contributed by atoms with Gasteiger partial charge in [0.2, 0.25) is 5.88 Å². The summed E-state index contributed by atoms with van der Waals surface area (Å²) in [6.45, 7) is -3.07. The van der Waals surface area contributed by atoms with Gasteiger partial charge in [-0.15, -0.1) is 0 Å². The maximum Gasteiger partial charge on any atom is 0.387 e. The lowest BCUT2D eigenvalue weighted by Gasteiger charge is -2.08. The van der Waals surface area contributed by atoms with Crippen molar-refractivity contribution in [3.63, 3.8) is 0 Å². The van der Waals surface area contributed by atoms with E-state index in [2.05, 4.69) is 9.72 Å². The van der Waals surface area contributed by atoms with Crippen LogP contribution in [-0.2, 0) is 0 Å². The van der Waals surface area contributed by atoms with Gasteiger partial charge in [0.25, 0.3) is 0 Å². The van der Waals surface area contributed by atoms with E-state index >= 15 is 0 Å². The molecule has 0 amide bonds. The molecule has 1 heterocycles. The van der Waals surface area contributed by atoms with Gasteiger partial charge in [-0.3, -0.25) is 0 Å². The van der Waals surface area contributed by atoms with Crippen molar-refractivity contribution in [3.05, 3.63) is 59.9 Å². The van der Waals surface area contributed by atoms with Crippen molar-refractivity contribution in [1.29, 1.82) is 0 Å². The van der Waals surface area contributed by atoms with Gasteiger partial charge >= 0.3 is 6.61 Å². The minimum Gasteiger partial charge on any atom is -0.481 e. The largest absolute Gasteiger partial charge is 0.481 e. The molecule has 0 fully saturated rings. The molecule has 1 radical (unpaired) electrons. The summed E-state index contributed by atoms with van der Waals surface area (Å²) in [4.78, 5) is 4.14. The van der Waals surface area contributed by atoms with Crippen molar-refractivity contribution in [3.8, 4) is 11.6 Å². The summed E-state index contributed by atoms with van der Waals surface area (Å²) in [5, 5.41) is 0. The van der Waals surface area contributed by atoms with Crippen molar-refractivity contribution in [2.45, 2.75) is 6.61 Å². The smallest absolute Gasteiger partial charge is 0.387 e. The third-order valence-corrected chi connectivity index (χ3v) is 2.44. The Kier molecular flexibility index (Phi) is 4.45. The first-order chi connectivity index (χ1) is 9.58. The summed E-state index contributed by atoms with van der Waals surface area (Å²) in [6.07, 6.45) is 1.60. The second kappa shape index (κ2) is 6.27. The van der Waals surface area contributed by atoms with Gasteiger partial charge in [0.15, 0.2) is 11.6 Å². The lowest BCUT2D eigenvalue weighted by molar-refractivity contribution is -0.0522. The molecule has 1 aromatic carbocycles. The number of aromatic nitrogens is 1. The maximum absolute atomic E-state index is 13.3. The topological polar surface area (TPSA) is 31.4 Å². The first-order valence-electron chi connectivity index (χ1n) is 5.68. The van der Waals surface area contributed by atoms with Gasteiger partial charge in [0.05, 0.1) is 12.8 Å². The van der Waals surface area contributed by atoms with Crippen LogP contribution in [0.3, 0.4) is 0 Å². The predicted molar refractivity (Wildman–Crippen MR) is 66.3 cm³/mol. The molecule has 6 heteroatoms. The third-order valence-electron chi connectivity index (χ3n) is 2.44. The number of pyridine rings is 1. The Labute approximate surface area is 114 Å². The zero-order chi connectivity index (χ0) is 14.5. The van der Waals surface area contributed by atoms with E-state index in [4.69, 9.17) is 4.74 Å². The monoisotopic (exact) mass is 282 g/mol. The van der Waals surface area contributed by atoms with Crippen LogP contribution in [0.15, 0.2) is 36.4 Å². The van der Waals surface area contributed by atoms with Crippen LogP contribution in [0.2, 0.25) is 0 Å². The van der Waals surface area contributed by atoms with Crippen LogP contribution in [0.4, 0.5) is 13.2 Å². The van der Waals surface area contributed by atoms with Crippen molar-refractivity contribution in [1.82, 2.24) is 4.98 Å². The second-order valence-corrected chi connectivity index (χ2v) is 3.82. The summed E-state index contributed by atoms with van der Waals surface area (Å²) >= 11 is 0. The average Bonchev–Trinajstić information content (AvgIpc) is 2.42. The molecule has 0 saturated carbocycles. The van der Waals surface area contributed by atoms with Crippen LogP contribution in [0.1, 0.15) is 11.3 Å². The number of methoxy groups -OCH3 is 1. The molecule has 0 aliphatic heterocycles. The number of ether oxygens (including phenoxy) is 2. The molecule has 20 heavy (non-hydrogen) atoms. The third kappa shape index (κ3) is 3.63. The van der Waals surface area contributed by atoms with Gasteiger partial charge in [0.1, 0.15) is 0 Å². The van der Waals surface area contributed by atoms with Crippen molar-refractivity contribution in [2.75, 3.05) is 7.11 Å². The lowest BCUT2D eigenvalue weighted by Crippen LogP contribution is -2.04. The average molecular weight is 282 g/mol. The summed E-state index contributed by atoms with van der Waals surface area (Å²) < 4.78 is 46.6. The standard InChI is InChI=1S/C14H11F3NO2/c1-19-13-4-2-3-10(18-13)7-9-5-6-11(15)12(8-9)20-14(16)17/h2-8,14H,1H3. The summed E-state index contributed by atoms with van der Waals surface area (Å²) in [5.41, 5.74) is 1.04. The van der Waals surface area contributed by atoms with E-state index in [0.29, 0.717) is 17.1 Å². The zero-order valence-electron chi connectivity index (χ0n) is 10.5. The number of halogens is 3. The lowest BCUT2D eigenvalue weighted by atomic mass is 10.1. The van der Waals surface area contributed by atoms with E-state index in [-0.39, 0.29) is 0 Å². The second-order valence-electron chi connectivity index (χ2n) is 3.82. The van der Waals surface area contributed by atoms with Gasteiger partial charge < -0.3 is 9.47 Å². The Morgan fingerprint density at radius 3 is 2.70 bits per heavy atom. The highest BCUT2D eigenvalue weighted by Crippen LogP contribution is 2.23. The van der Waals surface area contributed by atoms with Crippen LogP contribution >= 0.6 is 0 Å². The maximum atomic E-state index is 13.3. The van der Waals surface area contributed by atoms with Crippen molar-refractivity contribution < 1.29 is 22.6 Å². The fourth-order valence-electron chi connectivity index (χ4n) is 1.59. The molecule has 2 aromatic rings. The molecular formula is C14H11F3NO2. The van der Waals surface area contributed by atoms with Gasteiger partial charge in [-0.25, -0.2) is 9.37 Å². The number of rotatable bonds is 5. The molecule has 3 nitrogen and oxygen atoms in total. The van der Waals surface area contributed by atoms with E-state index in [1.165, 1.54) is 19.2 Å². The molecule has 0 aliphatic carbocycles. The number of benzene rings is 1. The number of hydrogen-bond donors (Lipinski definition) is 0. The van der Waals surface area contributed by atoms with Gasteiger partial charge in [0, 0.05) is 12.5 Å². The highest BCUT2D eigenvalue weighted by molar-refractivity contribution is 5.39. The molecular weight excluding hydrogens is 271 g/mol. The van der Waals surface area contributed by atoms with Gasteiger partial charge in [-0.05, 0) is 23.8 Å². The molecule has 0 N–H and O–H groups in total. The highest BCUT2D eigenvalue weighted by atomic mass is 19.3. The van der Waals surface area contributed by atoms with Gasteiger partial charge in [-0.2, -0.15) is 8.78 Å². The van der Waals surface area contributed by atoms with Crippen LogP contribution in [0.25, 0.3) is 0 Å². The van der Waals surface area contributed by atoms with E-state index < -0.39 is 18.2 Å². The van der Waals surface area contributed by atoms with E-state index in [1.54, 1.807) is 24.6 Å². The Bertz CT molecular complexity index is 590. The fraction of sp³-hybridized carbons (Fsp3) is 0.143. The van der Waals surface area contributed by atoms with E-state index in [0.717, 1.165) is 6.07 Å². The van der Waals surface area contributed by atoms with Crippen molar-refractivity contribution in [2.24, 2.45) is 0 Å². The first-order valence-corrected chi connectivity index (χ1v) is 5.68. The molecule has 2 rings (SSSR count). The summed E-state index contributed by atoms with van der Waals surface area (Å²) in [6, 6.07) is 8.80. The molecule has 0 unspecified atom stereocenters. The Hall–Kier alpha value is -2.24. The zero-order valence-corrected chi connectivity index (χ0v) is 10.5. The number of alkyl halides is 2. The van der Waals surface area contributed by atoms with Crippen LogP contribution in [0, 0.1) is 12.2 Å². The van der Waals surface area contributed by atoms with E-state index in [9.17, 15) is 13.2 Å². The molecule has 0 saturated heterocycles. The molecule has 0 aliphatic rings. The van der Waals surface area contributed by atoms with Crippen LogP contribution in [-0.4, -0.2) is 18.7 Å². The molecule has 105 valence electrons. The van der Waals surface area contributed by atoms with Crippen LogP contribution < -0.4 is 9.47 Å².